The topological polar surface area (TPSA) is 140 Å². The number of nitrogens with one attached hydrogen (secondary N) is 1. The third kappa shape index (κ3) is 6.76. The molecule has 2 heterocycles. The van der Waals surface area contributed by atoms with Gasteiger partial charge in [0.15, 0.2) is 12.2 Å². The second-order valence-corrected chi connectivity index (χ2v) is 7.79. The van der Waals surface area contributed by atoms with Crippen molar-refractivity contribution in [2.75, 3.05) is 13.1 Å². The van der Waals surface area contributed by atoms with Crippen LogP contribution in [0.4, 0.5) is 0 Å². The molecule has 2 aromatic rings. The van der Waals surface area contributed by atoms with E-state index in [0.717, 1.165) is 43.8 Å². The van der Waals surface area contributed by atoms with Crippen LogP contribution in [0.3, 0.4) is 0 Å². The molecule has 0 aliphatic carbocycles. The Morgan fingerprint density at radius 3 is 2.34 bits per heavy atom. The lowest BCUT2D eigenvalue weighted by Gasteiger charge is -2.13. The lowest BCUT2D eigenvalue weighted by atomic mass is 9.94. The summed E-state index contributed by atoms with van der Waals surface area (Å²) in [4.78, 5) is 23.9. The van der Waals surface area contributed by atoms with E-state index in [9.17, 15) is 9.59 Å². The maximum Gasteiger partial charge on any atom is 0.335 e. The molecule has 0 unspecified atom stereocenters. The Balaban J connectivity index is 0.000000257. The quantitative estimate of drug-likeness (QED) is 0.448. The van der Waals surface area contributed by atoms with Crippen molar-refractivity contribution in [2.24, 2.45) is 0 Å². The molecule has 8 nitrogen and oxygen atoms in total. The van der Waals surface area contributed by atoms with Gasteiger partial charge in [-0.15, -0.1) is 11.3 Å². The van der Waals surface area contributed by atoms with E-state index < -0.39 is 24.1 Å². The lowest BCUT2D eigenvalue weighted by Crippen LogP contribution is -2.39. The highest BCUT2D eigenvalue weighted by Gasteiger charge is 2.29. The minimum atomic E-state index is -2.27. The van der Waals surface area contributed by atoms with E-state index in [-0.39, 0.29) is 0 Å². The Morgan fingerprint density at radius 1 is 1.10 bits per heavy atom. The molecule has 0 radical (unpaired) electrons. The number of rotatable bonds is 6. The number of hydrogen-bond donors (Lipinski definition) is 5. The fourth-order valence-corrected chi connectivity index (χ4v) is 3.86. The Bertz CT molecular complexity index is 812. The summed E-state index contributed by atoms with van der Waals surface area (Å²) in [5.41, 5.74) is 4.26. The van der Waals surface area contributed by atoms with Crippen LogP contribution in [-0.4, -0.2) is 62.6 Å². The van der Waals surface area contributed by atoms with Gasteiger partial charge in [0.1, 0.15) is 0 Å². The third-order valence-corrected chi connectivity index (χ3v) is 5.66. The van der Waals surface area contributed by atoms with Gasteiger partial charge in [-0.2, -0.15) is 0 Å². The number of halogens is 1. The number of aliphatic hydroxyl groups excluding tert-OH is 2. The molecule has 29 heavy (non-hydrogen) atoms. The van der Waals surface area contributed by atoms with Crippen molar-refractivity contribution in [3.63, 3.8) is 0 Å². The summed E-state index contributed by atoms with van der Waals surface area (Å²) >= 11 is 8.14. The summed E-state index contributed by atoms with van der Waals surface area (Å²) in [6.07, 6.45) is 1.52. The number of aliphatic carboxylic acids is 2. The molecule has 0 saturated heterocycles. The van der Waals surface area contributed by atoms with Gasteiger partial charge >= 0.3 is 11.9 Å². The van der Waals surface area contributed by atoms with Crippen molar-refractivity contribution in [1.82, 2.24) is 10.3 Å². The zero-order valence-corrected chi connectivity index (χ0v) is 17.1. The average molecular weight is 443 g/mol. The minimum Gasteiger partial charge on any atom is -0.479 e. The van der Waals surface area contributed by atoms with Crippen molar-refractivity contribution in [1.29, 1.82) is 0 Å². The van der Waals surface area contributed by atoms with E-state index in [2.05, 4.69) is 22.4 Å². The van der Waals surface area contributed by atoms with Crippen molar-refractivity contribution >= 4 is 34.9 Å². The van der Waals surface area contributed by atoms with Gasteiger partial charge in [0.05, 0.1) is 5.01 Å². The van der Waals surface area contributed by atoms with Crippen LogP contribution in [0.2, 0.25) is 5.02 Å². The summed E-state index contributed by atoms with van der Waals surface area (Å²) in [7, 11) is 0. The Morgan fingerprint density at radius 2 is 1.76 bits per heavy atom. The molecule has 3 rings (SSSR count). The lowest BCUT2D eigenvalue weighted by molar-refractivity contribution is -0.165. The largest absolute Gasteiger partial charge is 0.479 e. The number of carboxylic acids is 2. The second kappa shape index (κ2) is 11.2. The fourth-order valence-electron chi connectivity index (χ4n) is 2.97. The molecular formula is C19H23ClN2O6S. The molecular weight excluding hydrogens is 420 g/mol. The van der Waals surface area contributed by atoms with Gasteiger partial charge in [-0.25, -0.2) is 14.6 Å². The Kier molecular flexibility index (Phi) is 8.99. The number of aliphatic hydroxyl groups is 2. The normalized spacial score (nSPS) is 15.3. The molecule has 2 atom stereocenters. The third-order valence-electron chi connectivity index (χ3n) is 4.47. The zero-order valence-electron chi connectivity index (χ0n) is 15.5. The van der Waals surface area contributed by atoms with Crippen LogP contribution in [0, 0.1) is 0 Å². The molecule has 1 aromatic carbocycles. The van der Waals surface area contributed by atoms with E-state index in [1.165, 1.54) is 21.7 Å². The van der Waals surface area contributed by atoms with Crippen LogP contribution >= 0.6 is 22.9 Å². The molecule has 158 valence electrons. The molecule has 0 amide bonds. The molecule has 0 fully saturated rings. The molecule has 0 saturated carbocycles. The highest BCUT2D eigenvalue weighted by atomic mass is 35.5. The molecule has 0 bridgehead atoms. The van der Waals surface area contributed by atoms with Crippen molar-refractivity contribution < 1.29 is 30.0 Å². The van der Waals surface area contributed by atoms with Gasteiger partial charge in [-0.3, -0.25) is 0 Å². The van der Waals surface area contributed by atoms with Gasteiger partial charge in [-0.05, 0) is 55.1 Å². The summed E-state index contributed by atoms with van der Waals surface area (Å²) in [5, 5.41) is 40.1. The average Bonchev–Trinajstić information content (AvgIpc) is 3.10. The molecule has 1 aliphatic rings. The molecule has 0 spiro atoms. The number of nitrogens with zero attached hydrogens (tertiary/aromatic N) is 1. The predicted octanol–water partition coefficient (Wildman–Crippen LogP) is 1.15. The zero-order chi connectivity index (χ0) is 21.4. The fraction of sp³-hybridized carbons (Fsp3) is 0.421. The number of carboxylic acid groups (broad SMARTS) is 2. The first kappa shape index (κ1) is 23.2. The van der Waals surface area contributed by atoms with Gasteiger partial charge in [0, 0.05) is 23.0 Å². The van der Waals surface area contributed by atoms with Gasteiger partial charge in [0.2, 0.25) is 0 Å². The van der Waals surface area contributed by atoms with Gasteiger partial charge in [0.25, 0.3) is 0 Å². The highest BCUT2D eigenvalue weighted by molar-refractivity contribution is 7.09. The molecule has 1 aromatic heterocycles. The SMILES string of the molecule is Clc1ccc2c(c1CCc1nccs1)CCNCC2.O=C(O)[C@H](O)[C@@H](O)C(=O)O. The first-order valence-electron chi connectivity index (χ1n) is 9.01. The maximum atomic E-state index is 9.77. The standard InChI is InChI=1S/C15H17ClN2S.C4H6O6/c16-14-3-1-11-5-7-17-8-6-12(11)13(14)2-4-15-18-9-10-19-15;5-1(3(7)8)2(6)4(9)10/h1,3,9-10,17H,2,4-8H2;1-2,5-6H,(H,7,8)(H,9,10)/t;1-,2-/m.1/s1. The van der Waals surface area contributed by atoms with Gasteiger partial charge < -0.3 is 25.7 Å². The van der Waals surface area contributed by atoms with Crippen LogP contribution in [0.15, 0.2) is 23.7 Å². The Labute approximate surface area is 176 Å². The van der Waals surface area contributed by atoms with Crippen LogP contribution in [0.5, 0.6) is 0 Å². The second-order valence-electron chi connectivity index (χ2n) is 6.41. The van der Waals surface area contributed by atoms with E-state index in [4.69, 9.17) is 32.0 Å². The summed E-state index contributed by atoms with van der Waals surface area (Å²) in [6, 6.07) is 4.25. The smallest absolute Gasteiger partial charge is 0.335 e. The number of thiazole rings is 1. The number of aromatic nitrogens is 1. The van der Waals surface area contributed by atoms with Gasteiger partial charge in [-0.1, -0.05) is 17.7 Å². The summed E-state index contributed by atoms with van der Waals surface area (Å²) < 4.78 is 0. The first-order chi connectivity index (χ1) is 13.8. The van der Waals surface area contributed by atoms with Crippen LogP contribution < -0.4 is 5.32 Å². The van der Waals surface area contributed by atoms with E-state index >= 15 is 0 Å². The minimum absolute atomic E-state index is 0.914. The number of hydrogen-bond acceptors (Lipinski definition) is 7. The summed E-state index contributed by atoms with van der Waals surface area (Å²) in [6.45, 7) is 2.12. The van der Waals surface area contributed by atoms with Crippen LogP contribution in [0.1, 0.15) is 21.7 Å². The van der Waals surface area contributed by atoms with Crippen LogP contribution in [0.25, 0.3) is 0 Å². The molecule has 10 heteroatoms. The number of aryl methyl sites for hydroxylation is 1. The Hall–Kier alpha value is -2.04. The van der Waals surface area contributed by atoms with E-state index in [0.29, 0.717) is 0 Å². The molecule has 5 N–H and O–H groups in total. The monoisotopic (exact) mass is 442 g/mol. The number of benzene rings is 1. The summed E-state index contributed by atoms with van der Waals surface area (Å²) in [5.74, 6) is -3.54. The van der Waals surface area contributed by atoms with Crippen molar-refractivity contribution in [3.8, 4) is 0 Å². The molecule has 1 aliphatic heterocycles. The first-order valence-corrected chi connectivity index (χ1v) is 10.3. The van der Waals surface area contributed by atoms with E-state index in [1.807, 2.05) is 11.6 Å². The number of fused-ring (bicyclic) bond motifs is 1. The predicted molar refractivity (Wildman–Crippen MR) is 109 cm³/mol. The van der Waals surface area contributed by atoms with E-state index in [1.54, 1.807) is 11.3 Å². The van der Waals surface area contributed by atoms with Crippen molar-refractivity contribution in [3.05, 3.63) is 50.4 Å². The number of carbonyl (C=O) groups is 2. The maximum absolute atomic E-state index is 9.77. The van der Waals surface area contributed by atoms with Crippen LogP contribution in [-0.2, 0) is 35.3 Å². The highest BCUT2D eigenvalue weighted by Crippen LogP contribution is 2.27. The van der Waals surface area contributed by atoms with Crippen molar-refractivity contribution in [2.45, 2.75) is 37.9 Å².